The van der Waals surface area contributed by atoms with Crippen LogP contribution in [0.1, 0.15) is 36.2 Å². The fourth-order valence-electron chi connectivity index (χ4n) is 2.82. The van der Waals surface area contributed by atoms with Crippen molar-refractivity contribution in [2.45, 2.75) is 32.1 Å². The van der Waals surface area contributed by atoms with Gasteiger partial charge >= 0.3 is 0 Å². The van der Waals surface area contributed by atoms with Gasteiger partial charge < -0.3 is 15.0 Å². The van der Waals surface area contributed by atoms with Gasteiger partial charge in [-0.25, -0.2) is 8.42 Å². The lowest BCUT2D eigenvalue weighted by atomic mass is 10.1. The Morgan fingerprint density at radius 1 is 1.15 bits per heavy atom. The number of nitrogens with zero attached hydrogens (tertiary/aromatic N) is 2. The van der Waals surface area contributed by atoms with E-state index < -0.39 is 10.0 Å². The molecule has 1 saturated heterocycles. The van der Waals surface area contributed by atoms with Gasteiger partial charge in [-0.15, -0.1) is 0 Å². The number of carbonyl (C=O) groups excluding carboxylic acids is 1. The van der Waals surface area contributed by atoms with Crippen LogP contribution in [0.4, 0.5) is 0 Å². The summed E-state index contributed by atoms with van der Waals surface area (Å²) in [5.74, 6) is -0.196. The molecule has 8 heteroatoms. The first kappa shape index (κ1) is 21.8. The molecule has 1 heterocycles. The molecule has 0 radical (unpaired) electrons. The third-order valence-corrected chi connectivity index (χ3v) is 6.33. The van der Waals surface area contributed by atoms with Crippen LogP contribution in [0.15, 0.2) is 24.3 Å². The van der Waals surface area contributed by atoms with Crippen molar-refractivity contribution in [1.82, 2.24) is 14.5 Å². The van der Waals surface area contributed by atoms with Crippen molar-refractivity contribution >= 4 is 15.9 Å². The van der Waals surface area contributed by atoms with Crippen molar-refractivity contribution in [2.24, 2.45) is 0 Å². The molecular formula is C19H31N3O4S. The average Bonchev–Trinajstić information content (AvgIpc) is 2.61. The van der Waals surface area contributed by atoms with Crippen LogP contribution >= 0.6 is 0 Å². The lowest BCUT2D eigenvalue weighted by Crippen LogP contribution is -2.47. The second-order valence-electron chi connectivity index (χ2n) is 7.18. The molecule has 0 bridgehead atoms. The maximum Gasteiger partial charge on any atom is 0.251 e. The van der Waals surface area contributed by atoms with Gasteiger partial charge in [0.05, 0.1) is 11.9 Å². The average molecular weight is 398 g/mol. The third-order valence-electron chi connectivity index (χ3n) is 4.48. The number of ether oxygens (including phenoxy) is 1. The zero-order valence-electron chi connectivity index (χ0n) is 16.5. The minimum Gasteiger partial charge on any atom is -0.379 e. The zero-order chi connectivity index (χ0) is 19.9. The van der Waals surface area contributed by atoms with Crippen molar-refractivity contribution in [3.05, 3.63) is 35.4 Å². The molecule has 1 aromatic rings. The number of carbonyl (C=O) groups is 1. The summed E-state index contributed by atoms with van der Waals surface area (Å²) in [7, 11) is -1.34. The predicted molar refractivity (Wildman–Crippen MR) is 106 cm³/mol. The molecule has 1 fully saturated rings. The Morgan fingerprint density at radius 2 is 1.78 bits per heavy atom. The largest absolute Gasteiger partial charge is 0.379 e. The summed E-state index contributed by atoms with van der Waals surface area (Å²) in [5, 5.41) is 2.85. The molecule has 0 atom stereocenters. The Balaban J connectivity index is 1.82. The third kappa shape index (κ3) is 7.21. The number of benzene rings is 1. The summed E-state index contributed by atoms with van der Waals surface area (Å²) < 4.78 is 32.1. The smallest absolute Gasteiger partial charge is 0.251 e. The van der Waals surface area contributed by atoms with Gasteiger partial charge in [-0.05, 0) is 45.0 Å². The van der Waals surface area contributed by atoms with Crippen molar-refractivity contribution in [2.75, 3.05) is 46.4 Å². The number of hydrogen-bond donors (Lipinski definition) is 1. The van der Waals surface area contributed by atoms with Crippen LogP contribution < -0.4 is 5.32 Å². The monoisotopic (exact) mass is 397 g/mol. The van der Waals surface area contributed by atoms with Crippen molar-refractivity contribution < 1.29 is 17.9 Å². The van der Waals surface area contributed by atoms with Gasteiger partial charge in [0, 0.05) is 44.9 Å². The van der Waals surface area contributed by atoms with Crippen molar-refractivity contribution in [3.8, 4) is 0 Å². The molecule has 1 N–H and O–H groups in total. The Hall–Kier alpha value is -1.48. The van der Waals surface area contributed by atoms with Crippen molar-refractivity contribution in [1.29, 1.82) is 0 Å². The van der Waals surface area contributed by atoms with E-state index >= 15 is 0 Å². The molecular weight excluding hydrogens is 366 g/mol. The summed E-state index contributed by atoms with van der Waals surface area (Å²) in [6.45, 7) is 7.67. The SMILES string of the molecule is CC(C)OCCCNC(=O)c1ccc(CS(=O)(=O)N2CCN(C)CC2)cc1. The molecule has 1 aliphatic rings. The summed E-state index contributed by atoms with van der Waals surface area (Å²) in [5.41, 5.74) is 1.22. The highest BCUT2D eigenvalue weighted by Crippen LogP contribution is 2.14. The first-order valence-corrected chi connectivity index (χ1v) is 11.0. The predicted octanol–water partition coefficient (Wildman–Crippen LogP) is 1.31. The van der Waals surface area contributed by atoms with E-state index in [2.05, 4.69) is 10.2 Å². The summed E-state index contributed by atoms with van der Waals surface area (Å²) >= 11 is 0. The van der Waals surface area contributed by atoms with E-state index in [0.29, 0.717) is 37.4 Å². The highest BCUT2D eigenvalue weighted by Gasteiger charge is 2.25. The molecule has 0 unspecified atom stereocenters. The number of likely N-dealkylation sites (N-methyl/N-ethyl adjacent to an activating group) is 1. The van der Waals surface area contributed by atoms with Gasteiger partial charge in [0.2, 0.25) is 10.0 Å². The van der Waals surface area contributed by atoms with Crippen LogP contribution in [0, 0.1) is 0 Å². The molecule has 1 aliphatic heterocycles. The van der Waals surface area contributed by atoms with E-state index in [0.717, 1.165) is 19.5 Å². The van der Waals surface area contributed by atoms with Gasteiger partial charge in [-0.1, -0.05) is 12.1 Å². The number of amides is 1. The van der Waals surface area contributed by atoms with Crippen LogP contribution in [0.5, 0.6) is 0 Å². The standard InChI is InChI=1S/C19H31N3O4S/c1-16(2)26-14-4-9-20-19(23)18-7-5-17(6-8-18)15-27(24,25)22-12-10-21(3)11-13-22/h5-8,16H,4,9-15H2,1-3H3,(H,20,23). The Kier molecular flexibility index (Phi) is 8.22. The van der Waals surface area contributed by atoms with Gasteiger partial charge in [0.1, 0.15) is 0 Å². The fourth-order valence-corrected chi connectivity index (χ4v) is 4.33. The summed E-state index contributed by atoms with van der Waals surface area (Å²) in [6, 6.07) is 6.78. The maximum absolute atomic E-state index is 12.5. The first-order valence-electron chi connectivity index (χ1n) is 9.43. The van der Waals surface area contributed by atoms with Gasteiger partial charge in [-0.3, -0.25) is 4.79 Å². The van der Waals surface area contributed by atoms with Crippen LogP contribution in [0.25, 0.3) is 0 Å². The molecule has 0 saturated carbocycles. The Labute approximate surface area is 162 Å². The molecule has 0 spiro atoms. The van der Waals surface area contributed by atoms with E-state index in [9.17, 15) is 13.2 Å². The van der Waals surface area contributed by atoms with E-state index in [1.807, 2.05) is 20.9 Å². The van der Waals surface area contributed by atoms with Gasteiger partial charge in [0.25, 0.3) is 5.91 Å². The Morgan fingerprint density at radius 3 is 2.37 bits per heavy atom. The van der Waals surface area contributed by atoms with Gasteiger partial charge in [-0.2, -0.15) is 4.31 Å². The summed E-state index contributed by atoms with van der Waals surface area (Å²) in [6.07, 6.45) is 0.945. The van der Waals surface area contributed by atoms with Crippen LogP contribution in [0.2, 0.25) is 0 Å². The topological polar surface area (TPSA) is 78.9 Å². The fraction of sp³-hybridized carbons (Fsp3) is 0.632. The molecule has 0 aliphatic carbocycles. The van der Waals surface area contributed by atoms with E-state index in [1.54, 1.807) is 28.6 Å². The molecule has 1 aromatic carbocycles. The molecule has 7 nitrogen and oxygen atoms in total. The molecule has 2 rings (SSSR count). The van der Waals surface area contributed by atoms with Crippen LogP contribution in [0.3, 0.4) is 0 Å². The second-order valence-corrected chi connectivity index (χ2v) is 9.15. The molecule has 0 aromatic heterocycles. The lowest BCUT2D eigenvalue weighted by molar-refractivity contribution is 0.0757. The highest BCUT2D eigenvalue weighted by molar-refractivity contribution is 7.88. The number of hydrogen-bond acceptors (Lipinski definition) is 5. The minimum atomic E-state index is -3.33. The van der Waals surface area contributed by atoms with Gasteiger partial charge in [0.15, 0.2) is 0 Å². The van der Waals surface area contributed by atoms with E-state index in [1.165, 1.54) is 0 Å². The highest BCUT2D eigenvalue weighted by atomic mass is 32.2. The van der Waals surface area contributed by atoms with E-state index in [4.69, 9.17) is 4.74 Å². The molecule has 152 valence electrons. The first-order chi connectivity index (χ1) is 12.8. The van der Waals surface area contributed by atoms with Crippen LogP contribution in [-0.4, -0.2) is 76.0 Å². The van der Waals surface area contributed by atoms with E-state index in [-0.39, 0.29) is 17.8 Å². The zero-order valence-corrected chi connectivity index (χ0v) is 17.3. The number of nitrogens with one attached hydrogen (secondary N) is 1. The number of sulfonamides is 1. The number of piperazine rings is 1. The van der Waals surface area contributed by atoms with Crippen LogP contribution in [-0.2, 0) is 20.5 Å². The second kappa shape index (κ2) is 10.2. The quantitative estimate of drug-likeness (QED) is 0.636. The number of rotatable bonds is 9. The van der Waals surface area contributed by atoms with Crippen molar-refractivity contribution in [3.63, 3.8) is 0 Å². The lowest BCUT2D eigenvalue weighted by Gasteiger charge is -2.31. The molecule has 27 heavy (non-hydrogen) atoms. The summed E-state index contributed by atoms with van der Waals surface area (Å²) in [4.78, 5) is 14.3. The maximum atomic E-state index is 12.5. The minimum absolute atomic E-state index is 0.0366. The Bertz CT molecular complexity index is 696. The molecule has 1 amide bonds. The normalized spacial score (nSPS) is 16.6.